The van der Waals surface area contributed by atoms with Crippen molar-refractivity contribution in [1.29, 1.82) is 0 Å². The molecule has 0 atom stereocenters. The molecule has 36 nitrogen and oxygen atoms in total. The maximum atomic E-state index is 9.00. The zero-order chi connectivity index (χ0) is 88.7. The van der Waals surface area contributed by atoms with Gasteiger partial charge in [-0.1, -0.05) is 275 Å². The van der Waals surface area contributed by atoms with Crippen LogP contribution < -0.4 is 63.9 Å². The SMILES string of the molecule is C.C.C.C.C.C.C=CNOCc1ccccc1.CC(=O)O.CC=O.CCCNc1nc(Cl)nc(NCCC)n1.CCCNc1nc(NCCC)[nH+]c(N(CC)OCc2ccccc2)n1.CCCNc1nc(NCCC)nc(N(CC)OCc2ccccc2)n1.CCC[CH-]I.CCNOCc1ccccc1.Cl.NOCc1ccccc1.O=S(=O)(O)O.O=S(=O)([O-])O.[V]. The number of aldehydes is 1. The number of anilines is 8. The van der Waals surface area contributed by atoms with Gasteiger partial charge in [-0.05, 0) is 98.7 Å². The standard InChI is InChI=1S/2C18H28N6O.C9H16ClN5.C9H13NO.C9H11NO.C7H9NO.C4H8I.C2H4O2.C2H4O.6CH4.ClH.2H2O4S.V/c2*1-4-12-19-16-21-17(20-13-5-2)23-18(22-16)24(6-3)25-14-15-10-8-7-9-11-15;1-3-5-11-8-13-7(10)14-9(15-8)12-6-4-2;2*1-2-10-11-8-9-6-4-3-5-7-9;8-9-6-7-4-2-1-3-5-7;1-2-3-4-5;1-2(3)4;1-2-3;;;;;;;;2*1-5(2,3)4;/h2*7-11H,4-6,12-14H2,1-3H3,(H2,19,20,21,22,23);3-6H2,1-2H3,(H2,11,12,13,14,15);3-7,10H,2,8H2,1H3;2-7,10H,1,8H2;1-5H,6,8H2;4H,2-3H2,1H3;1H3,(H,3,4);2H,1H3;6*1H4;1H;2*(H2,1,2,3,4);/q;;;;;;-1;;;;;;;;;;;;. The van der Waals surface area contributed by atoms with Gasteiger partial charge in [0.2, 0.25) is 39.5 Å². The zero-order valence-electron chi connectivity index (χ0n) is 70.6. The summed E-state index contributed by atoms with van der Waals surface area (Å²) >= 11 is 8.03. The summed E-state index contributed by atoms with van der Waals surface area (Å²) in [7, 11) is -9.58. The third kappa shape index (κ3) is 91.8. The van der Waals surface area contributed by atoms with Crippen LogP contribution in [0.15, 0.2) is 164 Å². The third-order valence-corrected chi connectivity index (χ3v) is 13.5. The molecule has 0 aliphatic rings. The minimum atomic E-state index is -4.92. The van der Waals surface area contributed by atoms with E-state index in [0.29, 0.717) is 93.7 Å². The topological polar surface area (TPSA) is 499 Å². The molecule has 8 rings (SSSR count). The number of hydrogen-bond acceptors (Lipinski definition) is 31. The zero-order valence-corrected chi connectivity index (χ0v) is 77.4. The molecule has 3 heterocycles. The monoisotopic (exact) mass is 2010 g/mol. The molecule has 0 fully saturated rings. The van der Waals surface area contributed by atoms with E-state index in [4.69, 9.17) is 86.6 Å². The molecule has 3 aromatic heterocycles. The van der Waals surface area contributed by atoms with Crippen molar-refractivity contribution >= 4 is 127 Å². The number of carbonyl (C=O) groups excluding carboxylic acids is 1. The predicted octanol–water partition coefficient (Wildman–Crippen LogP) is 18.5. The van der Waals surface area contributed by atoms with E-state index in [1.165, 1.54) is 31.5 Å². The first kappa shape index (κ1) is 141. The van der Waals surface area contributed by atoms with Crippen molar-refractivity contribution in [2.24, 2.45) is 5.90 Å². The van der Waals surface area contributed by atoms with Gasteiger partial charge in [-0.15, -0.1) is 12.4 Å². The van der Waals surface area contributed by atoms with Crippen LogP contribution in [0.2, 0.25) is 5.28 Å². The van der Waals surface area contributed by atoms with E-state index < -0.39 is 26.8 Å². The Morgan fingerprint density at radius 3 is 1.08 bits per heavy atom. The van der Waals surface area contributed by atoms with Crippen molar-refractivity contribution < 1.29 is 97.5 Å². The number of unbranched alkanes of at least 4 members (excludes halogenated alkanes) is 1. The molecular weight excluding hydrogens is 1860 g/mol. The molecule has 5 aromatic carbocycles. The number of rotatable bonds is 40. The Morgan fingerprint density at radius 2 is 0.802 bits per heavy atom. The van der Waals surface area contributed by atoms with Crippen LogP contribution in [0, 0.1) is 4.43 Å². The molecule has 15 N–H and O–H groups in total. The summed E-state index contributed by atoms with van der Waals surface area (Å²) in [5, 5.41) is 30.2. The number of nitrogens with zero attached hydrogens (tertiary/aromatic N) is 10. The van der Waals surface area contributed by atoms with Crippen LogP contribution in [0.5, 0.6) is 0 Å². The Hall–Kier alpha value is -8.44. The minimum Gasteiger partial charge on any atom is -0.726 e. The molecule has 0 aliphatic carbocycles. The fourth-order valence-corrected chi connectivity index (χ4v) is 8.42. The smallest absolute Gasteiger partial charge is 0.394 e. The van der Waals surface area contributed by atoms with E-state index in [-0.39, 0.29) is 80.8 Å². The quantitative estimate of drug-likeness (QED) is 0.00323. The number of aromatic nitrogens is 9. The summed E-state index contributed by atoms with van der Waals surface area (Å²) < 4.78 is 66.6. The van der Waals surface area contributed by atoms with Crippen LogP contribution in [-0.4, -0.2) is 151 Å². The number of nitrogens with two attached hydrogens (primary N) is 1. The summed E-state index contributed by atoms with van der Waals surface area (Å²) in [5.74, 6) is 8.61. The van der Waals surface area contributed by atoms with E-state index in [1.54, 1.807) is 10.1 Å². The molecule has 126 heavy (non-hydrogen) atoms. The van der Waals surface area contributed by atoms with Crippen LogP contribution >= 0.6 is 46.6 Å². The van der Waals surface area contributed by atoms with Gasteiger partial charge in [-0.3, -0.25) is 47.7 Å². The second kappa shape index (κ2) is 97.2. The fraction of sp³-hybridized carbons (Fsp3) is 0.476. The van der Waals surface area contributed by atoms with Gasteiger partial charge in [0.25, 0.3) is 11.9 Å². The van der Waals surface area contributed by atoms with Crippen LogP contribution in [-0.2, 0) is 106 Å². The Balaban J connectivity index is -0.000000135. The van der Waals surface area contributed by atoms with Gasteiger partial charge in [0, 0.05) is 84.0 Å². The Kier molecular flexibility index (Phi) is 108. The van der Waals surface area contributed by atoms with Gasteiger partial charge in [0.15, 0.2) is 0 Å². The number of aromatic amines is 1. The van der Waals surface area contributed by atoms with E-state index >= 15 is 0 Å². The normalized spacial score (nSPS) is 9.26. The molecule has 0 unspecified atom stereocenters. The number of halogens is 3. The van der Waals surface area contributed by atoms with E-state index in [1.807, 2.05) is 172 Å². The van der Waals surface area contributed by atoms with Gasteiger partial charge in [0.1, 0.15) is 19.5 Å². The number of benzene rings is 5. The first-order valence-electron chi connectivity index (χ1n) is 38.1. The Labute approximate surface area is 790 Å². The molecular formula is C84H150Cl2IN20O16S2V-. The van der Waals surface area contributed by atoms with Gasteiger partial charge in [-0.2, -0.15) is 49.8 Å². The van der Waals surface area contributed by atoms with E-state index in [0.717, 1.165) is 120 Å². The number of aliphatic carboxylic acids is 1. The molecule has 0 bridgehead atoms. The van der Waals surface area contributed by atoms with Crippen molar-refractivity contribution in [2.45, 2.75) is 212 Å². The average Bonchev–Trinajstić information content (AvgIpc) is 0.849. The summed E-state index contributed by atoms with van der Waals surface area (Å²) in [4.78, 5) is 81.9. The van der Waals surface area contributed by atoms with Gasteiger partial charge >= 0.3 is 28.2 Å². The second-order valence-corrected chi connectivity index (χ2v) is 26.1. The van der Waals surface area contributed by atoms with Gasteiger partial charge < -0.3 is 68.9 Å². The largest absolute Gasteiger partial charge is 0.726 e. The number of hydroxylamine groups is 4. The van der Waals surface area contributed by atoms with E-state index in [2.05, 4.69) is 175 Å². The number of nitrogens with one attached hydrogen (secondary N) is 9. The molecule has 721 valence electrons. The molecule has 1 radical (unpaired) electrons. The van der Waals surface area contributed by atoms with Crippen molar-refractivity contribution in [3.8, 4) is 0 Å². The van der Waals surface area contributed by atoms with Crippen LogP contribution in [0.3, 0.4) is 0 Å². The third-order valence-electron chi connectivity index (χ3n) is 12.7. The molecule has 0 spiro atoms. The predicted molar refractivity (Wildman–Crippen MR) is 522 cm³/mol. The van der Waals surface area contributed by atoms with Crippen molar-refractivity contribution in [1.82, 2.24) is 50.8 Å². The van der Waals surface area contributed by atoms with Gasteiger partial charge in [0.05, 0.1) is 26.4 Å². The summed E-state index contributed by atoms with van der Waals surface area (Å²) in [5.41, 5.74) is 11.0. The van der Waals surface area contributed by atoms with Gasteiger partial charge in [-0.25, -0.2) is 34.7 Å². The maximum absolute atomic E-state index is 9.00. The van der Waals surface area contributed by atoms with Crippen LogP contribution in [0.25, 0.3) is 0 Å². The van der Waals surface area contributed by atoms with Crippen molar-refractivity contribution in [2.75, 3.05) is 101 Å². The summed E-state index contributed by atoms with van der Waals surface area (Å²) in [6, 6.07) is 50.0. The molecule has 0 saturated heterocycles. The number of hydrogen-bond donors (Lipinski definition) is 13. The van der Waals surface area contributed by atoms with Crippen molar-refractivity contribution in [3.05, 3.63) is 202 Å². The summed E-state index contributed by atoms with van der Waals surface area (Å²) in [6.45, 7) is 36.5. The maximum Gasteiger partial charge on any atom is 0.394 e. The van der Waals surface area contributed by atoms with Crippen molar-refractivity contribution in [3.63, 3.8) is 0 Å². The number of carboxylic acid groups (broad SMARTS) is 1. The second-order valence-electron chi connectivity index (χ2n) is 23.1. The van der Waals surface area contributed by atoms with E-state index in [9.17, 15) is 0 Å². The van der Waals surface area contributed by atoms with Crippen LogP contribution in [0.4, 0.5) is 47.6 Å². The summed E-state index contributed by atoms with van der Waals surface area (Å²) in [6.07, 6.45) is 10.8. The molecule has 8 aromatic rings. The fourth-order valence-electron chi connectivity index (χ4n) is 7.64. The van der Waals surface area contributed by atoms with Crippen LogP contribution in [0.1, 0.15) is 207 Å². The number of carbonyl (C=O) groups is 2. The molecule has 0 amide bonds. The Bertz CT molecular complexity index is 3710. The molecule has 0 saturated carbocycles. The first-order chi connectivity index (χ1) is 56.6. The molecule has 0 aliphatic heterocycles. The minimum absolute atomic E-state index is 0. The number of H-pyrrole nitrogens is 1. The molecule has 42 heteroatoms. The number of carboxylic acids is 1. The Morgan fingerprint density at radius 1 is 0.516 bits per heavy atom. The average molecular weight is 2010 g/mol. The first-order valence-corrected chi connectivity index (χ1v) is 42.5.